The number of ether oxygens (including phenoxy) is 3. The second kappa shape index (κ2) is 12.7. The highest BCUT2D eigenvalue weighted by molar-refractivity contribution is 7.17. The minimum Gasteiger partial charge on any atom is -0.503 e. The standard InChI is InChI=1S/C35H28N2O8S/c1-4-17-43-34(41)32-20(2)36-35(46-32)37-28(22-13-15-24(16-14-22)44-19-21-9-6-5-7-10-21)27(30(39)33(37)40)29(38)26-18-23-11-8-12-25(42-3)31(23)45-26/h4-16,18,28,39H,1,17,19H2,2-3H3. The molecule has 232 valence electrons. The number of methoxy groups -OCH3 is 1. The van der Waals surface area contributed by atoms with Gasteiger partial charge in [0.05, 0.1) is 24.4 Å². The first-order valence-electron chi connectivity index (χ1n) is 14.2. The maximum absolute atomic E-state index is 14.1. The van der Waals surface area contributed by atoms with Crippen molar-refractivity contribution < 1.29 is 38.1 Å². The fourth-order valence-corrected chi connectivity index (χ4v) is 6.14. The molecule has 10 nitrogen and oxygen atoms in total. The topological polar surface area (TPSA) is 128 Å². The Morgan fingerprint density at radius 1 is 1.09 bits per heavy atom. The van der Waals surface area contributed by atoms with Crippen LogP contribution < -0.4 is 14.4 Å². The Bertz CT molecular complexity index is 1990. The number of aryl methyl sites for hydroxylation is 1. The van der Waals surface area contributed by atoms with Crippen molar-refractivity contribution in [2.45, 2.75) is 19.6 Å². The van der Waals surface area contributed by atoms with Crippen LogP contribution in [-0.4, -0.2) is 41.5 Å². The number of furan rings is 1. The number of fused-ring (bicyclic) bond motifs is 1. The number of aliphatic hydroxyl groups excluding tert-OH is 1. The average molecular weight is 637 g/mol. The molecule has 0 aliphatic carbocycles. The lowest BCUT2D eigenvalue weighted by Crippen LogP contribution is -2.31. The van der Waals surface area contributed by atoms with Crippen molar-refractivity contribution in [1.82, 2.24) is 4.98 Å². The molecular formula is C35H28N2O8S. The van der Waals surface area contributed by atoms with Crippen LogP contribution in [0.25, 0.3) is 11.0 Å². The van der Waals surface area contributed by atoms with E-state index in [0.717, 1.165) is 16.9 Å². The van der Waals surface area contributed by atoms with E-state index in [9.17, 15) is 19.5 Å². The highest BCUT2D eigenvalue weighted by Crippen LogP contribution is 2.44. The summed E-state index contributed by atoms with van der Waals surface area (Å²) in [6.07, 6.45) is 1.44. The van der Waals surface area contributed by atoms with E-state index >= 15 is 0 Å². The van der Waals surface area contributed by atoms with Gasteiger partial charge in [0.2, 0.25) is 5.78 Å². The van der Waals surface area contributed by atoms with Gasteiger partial charge in [-0.3, -0.25) is 14.5 Å². The minimum absolute atomic E-state index is 0.00124. The summed E-state index contributed by atoms with van der Waals surface area (Å²) in [5, 5.41) is 12.0. The fourth-order valence-electron chi connectivity index (χ4n) is 5.15. The first kappa shape index (κ1) is 30.4. The molecule has 0 radical (unpaired) electrons. The molecule has 5 aromatic rings. The van der Waals surface area contributed by atoms with E-state index in [1.807, 2.05) is 30.3 Å². The van der Waals surface area contributed by atoms with Gasteiger partial charge in [0.15, 0.2) is 28.0 Å². The lowest BCUT2D eigenvalue weighted by atomic mass is 9.95. The van der Waals surface area contributed by atoms with Gasteiger partial charge >= 0.3 is 5.97 Å². The third-order valence-corrected chi connectivity index (χ3v) is 8.49. The van der Waals surface area contributed by atoms with Gasteiger partial charge in [0.25, 0.3) is 5.91 Å². The number of ketones is 1. The number of esters is 1. The smallest absolute Gasteiger partial charge is 0.350 e. The number of carbonyl (C=O) groups is 3. The Labute approximate surface area is 267 Å². The number of hydrogen-bond donors (Lipinski definition) is 1. The zero-order valence-electron chi connectivity index (χ0n) is 24.9. The SMILES string of the molecule is C=CCOC(=O)c1sc(N2C(=O)C(O)=C(C(=O)c3cc4cccc(OC)c4o3)C2c2ccc(OCc3ccccc3)cc2)nc1C. The molecule has 0 fully saturated rings. The predicted octanol–water partition coefficient (Wildman–Crippen LogP) is 6.91. The summed E-state index contributed by atoms with van der Waals surface area (Å²) in [5.41, 5.74) is 1.96. The molecule has 1 aliphatic heterocycles. The number of para-hydroxylation sites is 1. The Morgan fingerprint density at radius 2 is 1.85 bits per heavy atom. The third-order valence-electron chi connectivity index (χ3n) is 7.36. The number of carbonyl (C=O) groups excluding carboxylic acids is 3. The number of benzene rings is 3. The van der Waals surface area contributed by atoms with E-state index in [-0.39, 0.29) is 27.9 Å². The average Bonchev–Trinajstić information content (AvgIpc) is 3.76. The molecule has 0 bridgehead atoms. The Morgan fingerprint density at radius 3 is 2.57 bits per heavy atom. The van der Waals surface area contributed by atoms with Crippen LogP contribution in [0.4, 0.5) is 5.13 Å². The van der Waals surface area contributed by atoms with Crippen molar-refractivity contribution >= 4 is 45.1 Å². The number of amides is 1. The summed E-state index contributed by atoms with van der Waals surface area (Å²) in [4.78, 5) is 46.4. The zero-order valence-corrected chi connectivity index (χ0v) is 25.7. The second-order valence-corrected chi connectivity index (χ2v) is 11.3. The molecule has 0 spiro atoms. The second-order valence-electron chi connectivity index (χ2n) is 10.3. The third kappa shape index (κ3) is 5.64. The first-order valence-corrected chi connectivity index (χ1v) is 15.0. The monoisotopic (exact) mass is 636 g/mol. The maximum Gasteiger partial charge on any atom is 0.350 e. The van der Waals surface area contributed by atoms with Crippen LogP contribution in [0, 0.1) is 6.92 Å². The van der Waals surface area contributed by atoms with Crippen LogP contribution in [-0.2, 0) is 16.1 Å². The Kier molecular flexibility index (Phi) is 8.41. The van der Waals surface area contributed by atoms with Crippen molar-refractivity contribution in [3.63, 3.8) is 0 Å². The molecule has 0 saturated carbocycles. The van der Waals surface area contributed by atoms with Crippen LogP contribution in [0.3, 0.4) is 0 Å². The largest absolute Gasteiger partial charge is 0.503 e. The molecule has 1 N–H and O–H groups in total. The molecule has 1 aliphatic rings. The van der Waals surface area contributed by atoms with Crippen molar-refractivity contribution in [3.05, 3.63) is 130 Å². The van der Waals surface area contributed by atoms with E-state index in [1.165, 1.54) is 24.2 Å². The molecule has 3 heterocycles. The Hall–Kier alpha value is -5.68. The summed E-state index contributed by atoms with van der Waals surface area (Å²) in [6, 6.07) is 22.2. The van der Waals surface area contributed by atoms with Gasteiger partial charge in [0.1, 0.15) is 23.8 Å². The summed E-state index contributed by atoms with van der Waals surface area (Å²) in [7, 11) is 1.49. The number of thiazole rings is 1. The van der Waals surface area contributed by atoms with Gasteiger partial charge in [-0.25, -0.2) is 9.78 Å². The van der Waals surface area contributed by atoms with Gasteiger partial charge in [-0.1, -0.05) is 78.6 Å². The van der Waals surface area contributed by atoms with E-state index in [1.54, 1.807) is 49.4 Å². The van der Waals surface area contributed by atoms with Crippen LogP contribution in [0.5, 0.6) is 11.5 Å². The van der Waals surface area contributed by atoms with Crippen molar-refractivity contribution in [2.75, 3.05) is 18.6 Å². The van der Waals surface area contributed by atoms with Crippen LogP contribution in [0.1, 0.15) is 43.1 Å². The molecule has 1 atom stereocenters. The lowest BCUT2D eigenvalue weighted by Gasteiger charge is -2.24. The van der Waals surface area contributed by atoms with Crippen molar-refractivity contribution in [1.29, 1.82) is 0 Å². The fraction of sp³-hybridized carbons (Fsp3) is 0.143. The predicted molar refractivity (Wildman–Crippen MR) is 172 cm³/mol. The van der Waals surface area contributed by atoms with Gasteiger partial charge in [-0.05, 0) is 42.3 Å². The summed E-state index contributed by atoms with van der Waals surface area (Å²) in [5.74, 6) is -2.04. The van der Waals surface area contributed by atoms with Crippen LogP contribution >= 0.6 is 11.3 Å². The number of Topliss-reactive ketones (excluding diaryl/α,β-unsaturated/α-hetero) is 1. The molecule has 0 saturated heterocycles. The van der Waals surface area contributed by atoms with Gasteiger partial charge < -0.3 is 23.7 Å². The van der Waals surface area contributed by atoms with Crippen LogP contribution in [0.15, 0.2) is 107 Å². The molecule has 6 rings (SSSR count). The number of anilines is 1. The molecule has 11 heteroatoms. The Balaban J connectivity index is 1.40. The van der Waals surface area contributed by atoms with Gasteiger partial charge in [-0.2, -0.15) is 0 Å². The summed E-state index contributed by atoms with van der Waals surface area (Å²) in [6.45, 7) is 5.51. The number of aliphatic hydroxyl groups is 1. The number of nitrogens with zero attached hydrogens (tertiary/aromatic N) is 2. The van der Waals surface area contributed by atoms with E-state index in [0.29, 0.717) is 40.3 Å². The highest BCUT2D eigenvalue weighted by atomic mass is 32.1. The van der Waals surface area contributed by atoms with E-state index in [2.05, 4.69) is 11.6 Å². The van der Waals surface area contributed by atoms with Crippen molar-refractivity contribution in [2.24, 2.45) is 0 Å². The normalized spacial score (nSPS) is 14.5. The van der Waals surface area contributed by atoms with Crippen LogP contribution in [0.2, 0.25) is 0 Å². The molecule has 46 heavy (non-hydrogen) atoms. The van der Waals surface area contributed by atoms with Gasteiger partial charge in [-0.15, -0.1) is 0 Å². The number of aromatic nitrogens is 1. The molecular weight excluding hydrogens is 608 g/mol. The maximum atomic E-state index is 14.1. The number of rotatable bonds is 11. The van der Waals surface area contributed by atoms with Crippen molar-refractivity contribution in [3.8, 4) is 11.5 Å². The summed E-state index contributed by atoms with van der Waals surface area (Å²) >= 11 is 0.918. The summed E-state index contributed by atoms with van der Waals surface area (Å²) < 4.78 is 22.4. The van der Waals surface area contributed by atoms with E-state index < -0.39 is 29.5 Å². The number of hydrogen-bond acceptors (Lipinski definition) is 10. The molecule has 1 amide bonds. The molecule has 2 aromatic heterocycles. The van der Waals surface area contributed by atoms with Gasteiger partial charge in [0, 0.05) is 5.39 Å². The minimum atomic E-state index is -1.11. The molecule has 3 aromatic carbocycles. The highest BCUT2D eigenvalue weighted by Gasteiger charge is 2.47. The molecule has 1 unspecified atom stereocenters. The van der Waals surface area contributed by atoms with E-state index in [4.69, 9.17) is 18.6 Å². The first-order chi connectivity index (χ1) is 22.3. The lowest BCUT2D eigenvalue weighted by molar-refractivity contribution is -0.117. The quantitative estimate of drug-likeness (QED) is 0.0934. The zero-order chi connectivity index (χ0) is 32.4.